The molecule has 0 aliphatic carbocycles. The normalized spacial score (nSPS) is 11.3. The van der Waals surface area contributed by atoms with Gasteiger partial charge in [-0.3, -0.25) is 0 Å². The highest BCUT2D eigenvalue weighted by Gasteiger charge is 2.20. The Morgan fingerprint density at radius 3 is 1.37 bits per heavy atom. The number of para-hydroxylation sites is 2. The van der Waals surface area contributed by atoms with Crippen molar-refractivity contribution in [1.82, 2.24) is 14.5 Å². The van der Waals surface area contributed by atoms with Crippen LogP contribution in [0.4, 0.5) is 0 Å². The summed E-state index contributed by atoms with van der Waals surface area (Å²) >= 11 is 0. The minimum atomic E-state index is 0.702. The van der Waals surface area contributed by atoms with Crippen LogP contribution in [0.5, 0.6) is 0 Å². The molecule has 10 aromatic carbocycles. The Morgan fingerprint density at radius 1 is 0.254 bits per heavy atom. The lowest BCUT2D eigenvalue weighted by molar-refractivity contribution is 1.18. The zero-order valence-electron chi connectivity index (χ0n) is 36.7. The number of nitrogens with zero attached hydrogens (tertiary/aromatic N) is 3. The van der Waals surface area contributed by atoms with Gasteiger partial charge >= 0.3 is 0 Å². The largest absolute Gasteiger partial charge is 0.309 e. The Kier molecular flexibility index (Phi) is 10.2. The molecule has 12 aromatic rings. The fourth-order valence-corrected chi connectivity index (χ4v) is 9.60. The van der Waals surface area contributed by atoms with Crippen LogP contribution in [0.3, 0.4) is 0 Å². The Hall–Kier alpha value is -8.92. The molecule has 2 aromatic heterocycles. The summed E-state index contributed by atoms with van der Waals surface area (Å²) < 4.78 is 2.38. The molecule has 0 radical (unpaired) electrons. The molecule has 0 spiro atoms. The van der Waals surface area contributed by atoms with E-state index < -0.39 is 0 Å². The zero-order valence-corrected chi connectivity index (χ0v) is 36.7. The topological polar surface area (TPSA) is 30.7 Å². The van der Waals surface area contributed by atoms with Gasteiger partial charge in [-0.15, -0.1) is 0 Å². The first kappa shape index (κ1) is 39.7. The van der Waals surface area contributed by atoms with E-state index >= 15 is 0 Å². The molecule has 0 aliphatic heterocycles. The van der Waals surface area contributed by atoms with Crippen molar-refractivity contribution in [1.29, 1.82) is 0 Å². The molecule has 3 heteroatoms. The van der Waals surface area contributed by atoms with Crippen LogP contribution < -0.4 is 0 Å². The fourth-order valence-electron chi connectivity index (χ4n) is 9.60. The van der Waals surface area contributed by atoms with Crippen LogP contribution in [-0.2, 0) is 0 Å². The summed E-state index contributed by atoms with van der Waals surface area (Å²) in [6, 6.07) is 93.3. The van der Waals surface area contributed by atoms with Crippen LogP contribution in [0.25, 0.3) is 117 Å². The summed E-state index contributed by atoms with van der Waals surface area (Å²) in [4.78, 5) is 10.2. The third-order valence-corrected chi connectivity index (χ3v) is 12.8. The van der Waals surface area contributed by atoms with Crippen molar-refractivity contribution in [2.24, 2.45) is 0 Å². The van der Waals surface area contributed by atoms with Gasteiger partial charge in [0.25, 0.3) is 0 Å². The van der Waals surface area contributed by atoms with E-state index in [1.807, 2.05) is 24.3 Å². The van der Waals surface area contributed by atoms with E-state index in [0.717, 1.165) is 56.0 Å². The summed E-state index contributed by atoms with van der Waals surface area (Å²) in [6.45, 7) is 0. The van der Waals surface area contributed by atoms with E-state index in [-0.39, 0.29) is 0 Å². The monoisotopic (exact) mass is 853 g/mol. The Bertz CT molecular complexity index is 3650. The minimum Gasteiger partial charge on any atom is -0.309 e. The molecule has 0 N–H and O–H groups in total. The molecule has 314 valence electrons. The predicted octanol–water partition coefficient (Wildman–Crippen LogP) is 16.9. The van der Waals surface area contributed by atoms with Gasteiger partial charge in [-0.25, -0.2) is 9.97 Å². The second-order valence-electron chi connectivity index (χ2n) is 17.0. The first-order chi connectivity index (χ1) is 33.2. The average Bonchev–Trinajstić information content (AvgIpc) is 3.75. The average molecular weight is 854 g/mol. The highest BCUT2D eigenvalue weighted by atomic mass is 15.0. The zero-order chi connectivity index (χ0) is 44.5. The van der Waals surface area contributed by atoms with Gasteiger partial charge < -0.3 is 4.57 Å². The molecule has 0 unspecified atom stereocenters. The third kappa shape index (κ3) is 7.59. The van der Waals surface area contributed by atoms with Crippen molar-refractivity contribution in [2.75, 3.05) is 0 Å². The van der Waals surface area contributed by atoms with Crippen molar-refractivity contribution >= 4 is 21.8 Å². The summed E-state index contributed by atoms with van der Waals surface area (Å²) in [7, 11) is 0. The molecule has 3 nitrogen and oxygen atoms in total. The molecular formula is C64H43N3. The lowest BCUT2D eigenvalue weighted by Gasteiger charge is -2.20. The molecule has 0 amide bonds. The van der Waals surface area contributed by atoms with Crippen LogP contribution in [0.2, 0.25) is 0 Å². The molecule has 0 saturated carbocycles. The van der Waals surface area contributed by atoms with Gasteiger partial charge in [-0.2, -0.15) is 0 Å². The smallest absolute Gasteiger partial charge is 0.160 e. The van der Waals surface area contributed by atoms with Crippen molar-refractivity contribution in [3.8, 4) is 95.2 Å². The predicted molar refractivity (Wildman–Crippen MR) is 280 cm³/mol. The van der Waals surface area contributed by atoms with Gasteiger partial charge in [0, 0.05) is 33.2 Å². The van der Waals surface area contributed by atoms with E-state index in [9.17, 15) is 0 Å². The maximum absolute atomic E-state index is 5.16. The second-order valence-corrected chi connectivity index (χ2v) is 17.0. The number of hydrogen-bond donors (Lipinski definition) is 0. The third-order valence-electron chi connectivity index (χ3n) is 12.8. The van der Waals surface area contributed by atoms with Crippen molar-refractivity contribution in [3.63, 3.8) is 0 Å². The van der Waals surface area contributed by atoms with Crippen LogP contribution in [0, 0.1) is 0 Å². The molecule has 67 heavy (non-hydrogen) atoms. The molecular weight excluding hydrogens is 811 g/mol. The fraction of sp³-hybridized carbons (Fsp3) is 0. The van der Waals surface area contributed by atoms with Crippen LogP contribution in [0.15, 0.2) is 261 Å². The van der Waals surface area contributed by atoms with E-state index in [1.165, 1.54) is 55.2 Å². The molecule has 0 fully saturated rings. The van der Waals surface area contributed by atoms with Crippen molar-refractivity contribution in [2.45, 2.75) is 0 Å². The van der Waals surface area contributed by atoms with Gasteiger partial charge in [0.1, 0.15) is 0 Å². The number of benzene rings is 10. The highest BCUT2D eigenvalue weighted by Crippen LogP contribution is 2.46. The molecule has 0 saturated heterocycles. The van der Waals surface area contributed by atoms with Gasteiger partial charge in [0.15, 0.2) is 5.82 Å². The number of hydrogen-bond acceptors (Lipinski definition) is 2. The lowest BCUT2D eigenvalue weighted by atomic mass is 9.84. The van der Waals surface area contributed by atoms with E-state index in [4.69, 9.17) is 9.97 Å². The summed E-state index contributed by atoms with van der Waals surface area (Å²) in [5.74, 6) is 0.702. The maximum Gasteiger partial charge on any atom is 0.160 e. The Morgan fingerprint density at radius 2 is 0.716 bits per heavy atom. The van der Waals surface area contributed by atoms with Gasteiger partial charge in [0.2, 0.25) is 0 Å². The second kappa shape index (κ2) is 17.2. The van der Waals surface area contributed by atoms with Crippen LogP contribution >= 0.6 is 0 Å². The number of aromatic nitrogens is 3. The molecule has 0 bridgehead atoms. The van der Waals surface area contributed by atoms with E-state index in [1.54, 1.807) is 0 Å². The summed E-state index contributed by atoms with van der Waals surface area (Å²) in [5.41, 5.74) is 19.9. The van der Waals surface area contributed by atoms with Crippen molar-refractivity contribution in [3.05, 3.63) is 261 Å². The molecule has 0 aliphatic rings. The van der Waals surface area contributed by atoms with Crippen molar-refractivity contribution < 1.29 is 0 Å². The lowest BCUT2D eigenvalue weighted by Crippen LogP contribution is -1.96. The number of rotatable bonds is 9. The number of fused-ring (bicyclic) bond motifs is 3. The Balaban J connectivity index is 1.03. The molecule has 12 rings (SSSR count). The Labute approximate surface area is 390 Å². The minimum absolute atomic E-state index is 0.702. The standard InChI is InChI=1S/C64H43N3/c1-6-20-44(21-7-1)53-41-56(63(46-24-10-3-11-25-46)57(42-53)51-36-37-62-58(40-51)55-34-16-17-35-61(55)67(62)54-32-14-5-15-33-54)50-30-18-28-48(38-50)49-29-19-31-52(39-49)60-43-59(45-22-8-2-9-23-45)65-64(66-60)47-26-12-4-13-27-47/h1-43H. The van der Waals surface area contributed by atoms with Gasteiger partial charge in [-0.1, -0.05) is 200 Å². The van der Waals surface area contributed by atoms with E-state index in [2.05, 4.69) is 241 Å². The van der Waals surface area contributed by atoms with E-state index in [0.29, 0.717) is 5.82 Å². The van der Waals surface area contributed by atoms with Gasteiger partial charge in [0.05, 0.1) is 22.4 Å². The maximum atomic E-state index is 5.16. The summed E-state index contributed by atoms with van der Waals surface area (Å²) in [5, 5.41) is 2.45. The molecule has 2 heterocycles. The first-order valence-corrected chi connectivity index (χ1v) is 22.8. The van der Waals surface area contributed by atoms with Gasteiger partial charge in [-0.05, 0) is 116 Å². The van der Waals surface area contributed by atoms with Crippen LogP contribution in [-0.4, -0.2) is 14.5 Å². The van der Waals surface area contributed by atoms with Crippen LogP contribution in [0.1, 0.15) is 0 Å². The quantitative estimate of drug-likeness (QED) is 0.145. The SMILES string of the molecule is c1ccc(-c2cc(-c3cccc(-c4cccc(-c5cc(-c6ccccc6)nc(-c6ccccc6)n5)c4)c3)c(-c3ccccc3)c(-c3ccc4c(c3)c3ccccc3n4-c3ccccc3)c2)cc1. The molecule has 0 atom stereocenters. The first-order valence-electron chi connectivity index (χ1n) is 22.8. The highest BCUT2D eigenvalue weighted by molar-refractivity contribution is 6.11. The summed E-state index contributed by atoms with van der Waals surface area (Å²) in [6.07, 6.45) is 0.